The summed E-state index contributed by atoms with van der Waals surface area (Å²) in [5, 5.41) is 1.79. The van der Waals surface area contributed by atoms with Gasteiger partial charge in [0, 0.05) is 12.0 Å². The molecule has 1 aromatic rings. The molecule has 1 heterocycles. The monoisotopic (exact) mass is 277 g/mol. The normalized spacial score (nSPS) is 17.0. The van der Waals surface area contributed by atoms with Gasteiger partial charge in [-0.2, -0.15) is 8.78 Å². The molecule has 0 bridgehead atoms. The molecule has 96 valence electrons. The molecule has 0 saturated heterocycles. The highest BCUT2D eigenvalue weighted by Crippen LogP contribution is 2.34. The Labute approximate surface area is 105 Å². The molecule has 0 unspecified atom stereocenters. The first-order valence-electron chi connectivity index (χ1n) is 4.96. The van der Waals surface area contributed by atoms with E-state index in [4.69, 9.17) is 11.6 Å². The largest absolute Gasteiger partial charge is 0.328 e. The maximum Gasteiger partial charge on any atom is 0.328 e. The van der Waals surface area contributed by atoms with Crippen LogP contribution in [0.2, 0.25) is 0 Å². The summed E-state index contributed by atoms with van der Waals surface area (Å²) in [6, 6.07) is 1.99. The Morgan fingerprint density at radius 2 is 2.11 bits per heavy atom. The zero-order valence-electron chi connectivity index (χ0n) is 8.90. The fraction of sp³-hybridized carbons (Fsp3) is 0.273. The van der Waals surface area contributed by atoms with Gasteiger partial charge in [-0.25, -0.2) is 4.39 Å². The quantitative estimate of drug-likeness (QED) is 0.666. The molecule has 0 radical (unpaired) electrons. The number of carbonyl (C=O) groups is 2. The van der Waals surface area contributed by atoms with E-state index in [0.29, 0.717) is 0 Å². The standard InChI is InChI=1S/C11H7ClF3NO2/c12-4-8(17)5-1-6-3-11(14,15)10(18)16-9(6)7(13)2-5/h1-2H,3-4H2,(H,16,18). The molecule has 3 nitrogen and oxygen atoms in total. The van der Waals surface area contributed by atoms with Crippen LogP contribution >= 0.6 is 11.6 Å². The maximum absolute atomic E-state index is 13.6. The Morgan fingerprint density at radius 3 is 2.72 bits per heavy atom. The van der Waals surface area contributed by atoms with Gasteiger partial charge in [0.25, 0.3) is 5.91 Å². The molecule has 2 rings (SSSR count). The van der Waals surface area contributed by atoms with Gasteiger partial charge < -0.3 is 5.32 Å². The van der Waals surface area contributed by atoms with Crippen LogP contribution in [-0.4, -0.2) is 23.5 Å². The van der Waals surface area contributed by atoms with Crippen LogP contribution in [0.3, 0.4) is 0 Å². The number of nitrogens with one attached hydrogen (secondary N) is 1. The minimum atomic E-state index is -3.61. The molecule has 0 spiro atoms. The SMILES string of the molecule is O=C(CCl)c1cc(F)c2c(c1)CC(F)(F)C(=O)N2. The lowest BCUT2D eigenvalue weighted by Crippen LogP contribution is -2.41. The molecule has 0 atom stereocenters. The van der Waals surface area contributed by atoms with Crippen LogP contribution in [0.25, 0.3) is 0 Å². The molecule has 0 saturated carbocycles. The van der Waals surface area contributed by atoms with Gasteiger partial charge in [0.1, 0.15) is 5.82 Å². The van der Waals surface area contributed by atoms with E-state index in [-0.39, 0.29) is 22.7 Å². The summed E-state index contributed by atoms with van der Waals surface area (Å²) >= 11 is 5.31. The van der Waals surface area contributed by atoms with Crippen molar-refractivity contribution in [2.75, 3.05) is 11.2 Å². The summed E-state index contributed by atoms with van der Waals surface area (Å²) in [5.41, 5.74) is -0.515. The van der Waals surface area contributed by atoms with E-state index < -0.39 is 29.9 Å². The first kappa shape index (κ1) is 12.9. The summed E-state index contributed by atoms with van der Waals surface area (Å²) < 4.78 is 40.0. The first-order valence-corrected chi connectivity index (χ1v) is 5.49. The second-order valence-electron chi connectivity index (χ2n) is 3.88. The molecule has 1 amide bonds. The van der Waals surface area contributed by atoms with Crippen LogP contribution in [0, 0.1) is 5.82 Å². The van der Waals surface area contributed by atoms with Crippen molar-refractivity contribution >= 4 is 29.0 Å². The third-order valence-electron chi connectivity index (χ3n) is 2.60. The fourth-order valence-electron chi connectivity index (χ4n) is 1.71. The number of benzene rings is 1. The molecule has 1 aliphatic rings. The molecule has 18 heavy (non-hydrogen) atoms. The van der Waals surface area contributed by atoms with Crippen molar-refractivity contribution in [3.8, 4) is 0 Å². The number of fused-ring (bicyclic) bond motifs is 1. The summed E-state index contributed by atoms with van der Waals surface area (Å²) in [5.74, 6) is -7.03. The Hall–Kier alpha value is -1.56. The van der Waals surface area contributed by atoms with Gasteiger partial charge >= 0.3 is 5.92 Å². The zero-order chi connectivity index (χ0) is 13.5. The second-order valence-corrected chi connectivity index (χ2v) is 4.15. The third kappa shape index (κ3) is 2.08. The molecule has 0 fully saturated rings. The number of amides is 1. The summed E-state index contributed by atoms with van der Waals surface area (Å²) in [7, 11) is 0. The first-order chi connectivity index (χ1) is 8.35. The lowest BCUT2D eigenvalue weighted by atomic mass is 9.96. The molecular formula is C11H7ClF3NO2. The number of Topliss-reactive ketones (excluding diaryl/α,β-unsaturated/α-hetero) is 1. The molecule has 7 heteroatoms. The van der Waals surface area contributed by atoms with Crippen molar-refractivity contribution in [2.24, 2.45) is 0 Å². The Morgan fingerprint density at radius 1 is 1.44 bits per heavy atom. The van der Waals surface area contributed by atoms with Crippen molar-refractivity contribution in [1.82, 2.24) is 0 Å². The van der Waals surface area contributed by atoms with E-state index in [1.807, 2.05) is 0 Å². The van der Waals surface area contributed by atoms with Gasteiger partial charge in [0.05, 0.1) is 11.6 Å². The topological polar surface area (TPSA) is 46.2 Å². The van der Waals surface area contributed by atoms with Gasteiger partial charge in [-0.15, -0.1) is 11.6 Å². The van der Waals surface area contributed by atoms with E-state index in [0.717, 1.165) is 12.1 Å². The number of carbonyl (C=O) groups excluding carboxylic acids is 2. The highest BCUT2D eigenvalue weighted by Gasteiger charge is 2.44. The Balaban J connectivity index is 2.51. The van der Waals surface area contributed by atoms with Crippen LogP contribution in [-0.2, 0) is 11.2 Å². The molecule has 1 aromatic carbocycles. The van der Waals surface area contributed by atoms with Crippen LogP contribution < -0.4 is 5.32 Å². The van der Waals surface area contributed by atoms with Crippen molar-refractivity contribution in [1.29, 1.82) is 0 Å². The molecule has 1 N–H and O–H groups in total. The van der Waals surface area contributed by atoms with Gasteiger partial charge in [0.2, 0.25) is 0 Å². The number of anilines is 1. The number of alkyl halides is 3. The maximum atomic E-state index is 13.6. The smallest absolute Gasteiger partial charge is 0.318 e. The highest BCUT2D eigenvalue weighted by molar-refractivity contribution is 6.30. The van der Waals surface area contributed by atoms with Gasteiger partial charge in [-0.3, -0.25) is 9.59 Å². The van der Waals surface area contributed by atoms with Crippen molar-refractivity contribution < 1.29 is 22.8 Å². The van der Waals surface area contributed by atoms with Gasteiger partial charge in [0.15, 0.2) is 5.78 Å². The molecular weight excluding hydrogens is 271 g/mol. The van der Waals surface area contributed by atoms with E-state index in [9.17, 15) is 22.8 Å². The second kappa shape index (κ2) is 4.28. The fourth-order valence-corrected chi connectivity index (χ4v) is 1.86. The summed E-state index contributed by atoms with van der Waals surface area (Å²) in [6.45, 7) is 0. The highest BCUT2D eigenvalue weighted by atomic mass is 35.5. The minimum Gasteiger partial charge on any atom is -0.318 e. The Bertz CT molecular complexity index is 545. The van der Waals surface area contributed by atoms with E-state index >= 15 is 0 Å². The molecule has 0 aromatic heterocycles. The zero-order valence-corrected chi connectivity index (χ0v) is 9.65. The number of rotatable bonds is 2. The molecule has 1 aliphatic heterocycles. The van der Waals surface area contributed by atoms with Gasteiger partial charge in [-0.05, 0) is 17.7 Å². The average molecular weight is 278 g/mol. The van der Waals surface area contributed by atoms with Crippen LogP contribution in [0.5, 0.6) is 0 Å². The Kier molecular flexibility index (Phi) is 3.06. The van der Waals surface area contributed by atoms with E-state index in [1.54, 1.807) is 5.32 Å². The summed E-state index contributed by atoms with van der Waals surface area (Å²) in [6.07, 6.45) is -0.936. The van der Waals surface area contributed by atoms with Crippen molar-refractivity contribution in [2.45, 2.75) is 12.3 Å². The van der Waals surface area contributed by atoms with Gasteiger partial charge in [-0.1, -0.05) is 0 Å². The average Bonchev–Trinajstić information content (AvgIpc) is 2.30. The van der Waals surface area contributed by atoms with E-state index in [1.165, 1.54) is 0 Å². The van der Waals surface area contributed by atoms with Crippen molar-refractivity contribution in [3.63, 3.8) is 0 Å². The lowest BCUT2D eigenvalue weighted by Gasteiger charge is -2.24. The van der Waals surface area contributed by atoms with Crippen LogP contribution in [0.15, 0.2) is 12.1 Å². The lowest BCUT2D eigenvalue weighted by molar-refractivity contribution is -0.140. The number of halogens is 4. The van der Waals surface area contributed by atoms with E-state index in [2.05, 4.69) is 0 Å². The number of hydrogen-bond donors (Lipinski definition) is 1. The number of hydrogen-bond acceptors (Lipinski definition) is 2. The molecule has 0 aliphatic carbocycles. The minimum absolute atomic E-state index is 0.0896. The van der Waals surface area contributed by atoms with Crippen molar-refractivity contribution in [3.05, 3.63) is 29.1 Å². The predicted molar refractivity (Wildman–Crippen MR) is 58.7 cm³/mol. The predicted octanol–water partition coefficient (Wildman–Crippen LogP) is 2.38. The van der Waals surface area contributed by atoms with Crippen LogP contribution in [0.4, 0.5) is 18.9 Å². The van der Waals surface area contributed by atoms with Crippen LogP contribution in [0.1, 0.15) is 15.9 Å². The number of ketones is 1. The third-order valence-corrected chi connectivity index (χ3v) is 2.84. The summed E-state index contributed by atoms with van der Waals surface area (Å²) in [4.78, 5) is 22.3.